The first-order valence-electron chi connectivity index (χ1n) is 8.94. The van der Waals surface area contributed by atoms with Gasteiger partial charge in [-0.2, -0.15) is 0 Å². The molecule has 0 bridgehead atoms. The molecule has 3 rings (SSSR count). The molecule has 0 fully saturated rings. The van der Waals surface area contributed by atoms with E-state index in [0.29, 0.717) is 22.6 Å². The first kappa shape index (κ1) is 21.3. The lowest BCUT2D eigenvalue weighted by atomic mass is 10.1. The quantitative estimate of drug-likeness (QED) is 0.499. The Morgan fingerprint density at radius 2 is 1.57 bits per heavy atom. The van der Waals surface area contributed by atoms with Gasteiger partial charge in [-0.1, -0.05) is 28.1 Å². The Kier molecular flexibility index (Phi) is 6.98. The van der Waals surface area contributed by atoms with Crippen LogP contribution in [0.3, 0.4) is 0 Å². The normalized spacial score (nSPS) is 11.0. The first-order chi connectivity index (χ1) is 14.4. The summed E-state index contributed by atoms with van der Waals surface area (Å²) in [4.78, 5) is 25.5. The molecule has 30 heavy (non-hydrogen) atoms. The molecule has 0 atom stereocenters. The van der Waals surface area contributed by atoms with E-state index in [9.17, 15) is 14.0 Å². The number of carbonyl (C=O) groups excluding carboxylic acids is 2. The number of halogens is 2. The van der Waals surface area contributed by atoms with Crippen LogP contribution in [0.2, 0.25) is 0 Å². The number of hydrogen-bond donors (Lipinski definition) is 2. The molecule has 0 aromatic heterocycles. The van der Waals surface area contributed by atoms with Crippen LogP contribution in [0.25, 0.3) is 6.08 Å². The van der Waals surface area contributed by atoms with Crippen LogP contribution in [-0.4, -0.2) is 18.9 Å². The lowest BCUT2D eigenvalue weighted by molar-refractivity contribution is -0.113. The summed E-state index contributed by atoms with van der Waals surface area (Å²) < 4.78 is 19.2. The van der Waals surface area contributed by atoms with Crippen LogP contribution >= 0.6 is 15.9 Å². The maximum Gasteiger partial charge on any atom is 0.272 e. The van der Waals surface area contributed by atoms with Crippen molar-refractivity contribution in [2.45, 2.75) is 0 Å². The molecule has 152 valence electrons. The fourth-order valence-corrected chi connectivity index (χ4v) is 2.82. The molecule has 0 aliphatic rings. The summed E-state index contributed by atoms with van der Waals surface area (Å²) in [7, 11) is 1.53. The molecule has 3 aromatic carbocycles. The van der Waals surface area contributed by atoms with E-state index in [1.165, 1.54) is 37.5 Å². The minimum atomic E-state index is -0.511. The van der Waals surface area contributed by atoms with E-state index in [2.05, 4.69) is 26.6 Å². The van der Waals surface area contributed by atoms with Gasteiger partial charge in [-0.15, -0.1) is 0 Å². The SMILES string of the molecule is COc1ccc(C(=O)N/C(=C\c2ccc(F)cc2)C(=O)Nc2ccc(Br)cc2)cc1. The maximum absolute atomic E-state index is 13.2. The smallest absolute Gasteiger partial charge is 0.272 e. The molecule has 0 heterocycles. The van der Waals surface area contributed by atoms with Gasteiger partial charge in [0.25, 0.3) is 11.8 Å². The predicted octanol–water partition coefficient (Wildman–Crippen LogP) is 5.01. The van der Waals surface area contributed by atoms with E-state index in [0.717, 1.165) is 4.47 Å². The van der Waals surface area contributed by atoms with Gasteiger partial charge < -0.3 is 15.4 Å². The zero-order valence-corrected chi connectivity index (χ0v) is 17.6. The minimum absolute atomic E-state index is 0.0188. The van der Waals surface area contributed by atoms with Crippen LogP contribution in [0.4, 0.5) is 10.1 Å². The van der Waals surface area contributed by atoms with Gasteiger partial charge in [0.1, 0.15) is 17.3 Å². The van der Waals surface area contributed by atoms with E-state index in [1.54, 1.807) is 48.5 Å². The fraction of sp³-hybridized carbons (Fsp3) is 0.0435. The van der Waals surface area contributed by atoms with Crippen molar-refractivity contribution in [3.63, 3.8) is 0 Å². The van der Waals surface area contributed by atoms with Gasteiger partial charge in [-0.05, 0) is 72.3 Å². The molecular formula is C23H18BrFN2O3. The monoisotopic (exact) mass is 468 g/mol. The number of ether oxygens (including phenoxy) is 1. The second-order valence-electron chi connectivity index (χ2n) is 6.25. The Labute approximate surface area is 181 Å². The van der Waals surface area contributed by atoms with Crippen molar-refractivity contribution in [1.29, 1.82) is 0 Å². The standard InChI is InChI=1S/C23H18BrFN2O3/c1-30-20-12-4-16(5-13-20)22(28)27-21(14-15-2-8-18(25)9-3-15)23(29)26-19-10-6-17(24)7-11-19/h2-14H,1H3,(H,26,29)(H,27,28)/b21-14-. The zero-order valence-electron chi connectivity index (χ0n) is 16.0. The maximum atomic E-state index is 13.2. The first-order valence-corrected chi connectivity index (χ1v) is 9.73. The van der Waals surface area contributed by atoms with Crippen LogP contribution in [0.15, 0.2) is 83.0 Å². The number of benzene rings is 3. The van der Waals surface area contributed by atoms with Crippen LogP contribution in [0.1, 0.15) is 15.9 Å². The molecule has 0 saturated heterocycles. The highest BCUT2D eigenvalue weighted by molar-refractivity contribution is 9.10. The summed E-state index contributed by atoms with van der Waals surface area (Å²) in [5, 5.41) is 5.37. The number of amides is 2. The Hall–Kier alpha value is -3.45. The summed E-state index contributed by atoms with van der Waals surface area (Å²) in [6.07, 6.45) is 1.48. The fourth-order valence-electron chi connectivity index (χ4n) is 2.55. The highest BCUT2D eigenvalue weighted by Crippen LogP contribution is 2.16. The van der Waals surface area contributed by atoms with Gasteiger partial charge >= 0.3 is 0 Å². The number of hydrogen-bond acceptors (Lipinski definition) is 3. The lowest BCUT2D eigenvalue weighted by Crippen LogP contribution is -2.30. The third-order valence-corrected chi connectivity index (χ3v) is 4.66. The molecule has 7 heteroatoms. The zero-order chi connectivity index (χ0) is 21.5. The molecule has 0 aliphatic carbocycles. The van der Waals surface area contributed by atoms with Crippen molar-refractivity contribution < 1.29 is 18.7 Å². The molecule has 0 aliphatic heterocycles. The molecule has 0 radical (unpaired) electrons. The van der Waals surface area contributed by atoms with E-state index < -0.39 is 17.6 Å². The van der Waals surface area contributed by atoms with Gasteiger partial charge in [0, 0.05) is 15.7 Å². The number of carbonyl (C=O) groups is 2. The molecule has 0 spiro atoms. The molecule has 2 amide bonds. The number of anilines is 1. The van der Waals surface area contributed by atoms with Crippen molar-refractivity contribution in [3.8, 4) is 5.75 Å². The van der Waals surface area contributed by atoms with Crippen molar-refractivity contribution >= 4 is 39.5 Å². The molecule has 0 saturated carbocycles. The second kappa shape index (κ2) is 9.84. The largest absolute Gasteiger partial charge is 0.497 e. The summed E-state index contributed by atoms with van der Waals surface area (Å²) in [6.45, 7) is 0. The van der Waals surface area contributed by atoms with Gasteiger partial charge in [-0.25, -0.2) is 4.39 Å². The van der Waals surface area contributed by atoms with Crippen LogP contribution in [0, 0.1) is 5.82 Å². The summed E-state index contributed by atoms with van der Waals surface area (Å²) in [6, 6.07) is 19.1. The minimum Gasteiger partial charge on any atom is -0.497 e. The average molecular weight is 469 g/mol. The predicted molar refractivity (Wildman–Crippen MR) is 118 cm³/mol. The van der Waals surface area contributed by atoms with Crippen molar-refractivity contribution in [3.05, 3.63) is 99.9 Å². The molecule has 0 unspecified atom stereocenters. The molecule has 2 N–H and O–H groups in total. The van der Waals surface area contributed by atoms with Crippen LogP contribution < -0.4 is 15.4 Å². The van der Waals surface area contributed by atoms with E-state index in [1.807, 2.05) is 0 Å². The van der Waals surface area contributed by atoms with Crippen LogP contribution in [0.5, 0.6) is 5.75 Å². The average Bonchev–Trinajstić information content (AvgIpc) is 2.76. The Morgan fingerprint density at radius 1 is 0.933 bits per heavy atom. The second-order valence-corrected chi connectivity index (χ2v) is 7.17. The highest BCUT2D eigenvalue weighted by Gasteiger charge is 2.15. The lowest BCUT2D eigenvalue weighted by Gasteiger charge is -2.12. The van der Waals surface area contributed by atoms with Crippen molar-refractivity contribution in [1.82, 2.24) is 5.32 Å². The van der Waals surface area contributed by atoms with Crippen molar-refractivity contribution in [2.75, 3.05) is 12.4 Å². The molecule has 3 aromatic rings. The van der Waals surface area contributed by atoms with Crippen molar-refractivity contribution in [2.24, 2.45) is 0 Å². The van der Waals surface area contributed by atoms with Gasteiger partial charge in [0.15, 0.2) is 0 Å². The Bertz CT molecular complexity index is 1060. The number of methoxy groups -OCH3 is 1. The van der Waals surface area contributed by atoms with Gasteiger partial charge in [-0.3, -0.25) is 9.59 Å². The van der Waals surface area contributed by atoms with E-state index in [-0.39, 0.29) is 5.70 Å². The third-order valence-electron chi connectivity index (χ3n) is 4.13. The Morgan fingerprint density at radius 3 is 2.17 bits per heavy atom. The summed E-state index contributed by atoms with van der Waals surface area (Å²) in [5.41, 5.74) is 1.50. The van der Waals surface area contributed by atoms with E-state index >= 15 is 0 Å². The Balaban J connectivity index is 1.85. The van der Waals surface area contributed by atoms with Gasteiger partial charge in [0.2, 0.25) is 0 Å². The van der Waals surface area contributed by atoms with E-state index in [4.69, 9.17) is 4.74 Å². The third kappa shape index (κ3) is 5.78. The van der Waals surface area contributed by atoms with Crippen LogP contribution in [-0.2, 0) is 4.79 Å². The highest BCUT2D eigenvalue weighted by atomic mass is 79.9. The number of rotatable bonds is 6. The van der Waals surface area contributed by atoms with Gasteiger partial charge in [0.05, 0.1) is 7.11 Å². The summed E-state index contributed by atoms with van der Waals surface area (Å²) in [5.74, 6) is -0.752. The molecular weight excluding hydrogens is 451 g/mol. The topological polar surface area (TPSA) is 67.4 Å². The number of nitrogens with one attached hydrogen (secondary N) is 2. The molecule has 5 nitrogen and oxygen atoms in total. The summed E-state index contributed by atoms with van der Waals surface area (Å²) >= 11 is 3.34.